The quantitative estimate of drug-likeness (QED) is 0.212. The molecule has 11 nitrogen and oxygen atoms in total. The van der Waals surface area contributed by atoms with Crippen molar-refractivity contribution >= 4 is 0 Å². The summed E-state index contributed by atoms with van der Waals surface area (Å²) in [6.45, 7) is 2.22. The Hall–Kier alpha value is -0.700. The Morgan fingerprint density at radius 2 is 1.35 bits per heavy atom. The highest BCUT2D eigenvalue weighted by Gasteiger charge is 2.50. The maximum absolute atomic E-state index is 10.3. The van der Waals surface area contributed by atoms with Gasteiger partial charge in [0.05, 0.1) is 19.8 Å². The Bertz CT molecular complexity index is 445. The van der Waals surface area contributed by atoms with E-state index in [-0.39, 0.29) is 6.61 Å². The van der Waals surface area contributed by atoms with Gasteiger partial charge in [0.1, 0.15) is 48.8 Å². The third-order valence-corrected chi connectivity index (χ3v) is 4.34. The first-order valence-electron chi connectivity index (χ1n) is 8.16. The van der Waals surface area contributed by atoms with Gasteiger partial charge in [-0.1, -0.05) is 6.08 Å². The fourth-order valence-electron chi connectivity index (χ4n) is 2.86. The monoisotopic (exact) mass is 382 g/mol. The summed E-state index contributed by atoms with van der Waals surface area (Å²) < 4.78 is 21.1. The number of aliphatic hydroxyl groups excluding tert-OH is 7. The third-order valence-electron chi connectivity index (χ3n) is 4.34. The van der Waals surface area contributed by atoms with Crippen LogP contribution < -0.4 is 0 Å². The van der Waals surface area contributed by atoms with Crippen LogP contribution in [-0.2, 0) is 18.9 Å². The molecule has 7 N–H and O–H groups in total. The van der Waals surface area contributed by atoms with Gasteiger partial charge >= 0.3 is 0 Å². The minimum atomic E-state index is -1.70. The lowest BCUT2D eigenvalue weighted by atomic mass is 9.97. The Kier molecular flexibility index (Phi) is 7.88. The molecule has 11 heteroatoms. The molecule has 0 aromatic carbocycles. The van der Waals surface area contributed by atoms with Gasteiger partial charge in [0.15, 0.2) is 12.6 Å². The fourth-order valence-corrected chi connectivity index (χ4v) is 2.86. The summed E-state index contributed by atoms with van der Waals surface area (Å²) in [4.78, 5) is 0. The van der Waals surface area contributed by atoms with Crippen LogP contribution in [0.5, 0.6) is 0 Å². The lowest BCUT2D eigenvalue weighted by molar-refractivity contribution is -0.358. The fraction of sp³-hybridized carbons (Fsp3) is 0.867. The van der Waals surface area contributed by atoms with Gasteiger partial charge < -0.3 is 54.7 Å². The van der Waals surface area contributed by atoms with Crippen LogP contribution in [0.4, 0.5) is 0 Å². The normalized spacial score (nSPS) is 46.9. The molecule has 10 atom stereocenters. The summed E-state index contributed by atoms with van der Waals surface area (Å²) in [5.74, 6) is 0. The van der Waals surface area contributed by atoms with E-state index >= 15 is 0 Å². The molecule has 26 heavy (non-hydrogen) atoms. The van der Waals surface area contributed by atoms with E-state index < -0.39 is 74.6 Å². The summed E-state index contributed by atoms with van der Waals surface area (Å²) in [7, 11) is 0. The number of ether oxygens (including phenoxy) is 4. The maximum atomic E-state index is 10.3. The molecule has 0 aromatic heterocycles. The first kappa shape index (κ1) is 21.6. The Labute approximate surface area is 149 Å². The summed E-state index contributed by atoms with van der Waals surface area (Å²) >= 11 is 0. The second-order valence-electron chi connectivity index (χ2n) is 6.13. The van der Waals surface area contributed by atoms with Gasteiger partial charge in [0, 0.05) is 0 Å². The smallest absolute Gasteiger partial charge is 0.187 e. The molecule has 0 radical (unpaired) electrons. The molecule has 0 amide bonds. The molecule has 2 rings (SSSR count). The molecule has 2 fully saturated rings. The highest BCUT2D eigenvalue weighted by atomic mass is 16.7. The topological polar surface area (TPSA) is 179 Å². The van der Waals surface area contributed by atoms with Gasteiger partial charge in [-0.25, -0.2) is 0 Å². The van der Waals surface area contributed by atoms with Crippen LogP contribution in [0.25, 0.3) is 0 Å². The van der Waals surface area contributed by atoms with Gasteiger partial charge in [-0.2, -0.15) is 0 Å². The Morgan fingerprint density at radius 1 is 0.769 bits per heavy atom. The van der Waals surface area contributed by atoms with Gasteiger partial charge in [-0.05, 0) is 0 Å². The van der Waals surface area contributed by atoms with Crippen molar-refractivity contribution in [3.63, 3.8) is 0 Å². The molecule has 2 heterocycles. The molecule has 2 aliphatic heterocycles. The van der Waals surface area contributed by atoms with E-state index in [1.165, 1.54) is 6.08 Å². The molecule has 2 aliphatic rings. The van der Waals surface area contributed by atoms with E-state index in [0.29, 0.717) is 0 Å². The zero-order valence-corrected chi connectivity index (χ0v) is 13.9. The van der Waals surface area contributed by atoms with Crippen molar-refractivity contribution in [1.29, 1.82) is 0 Å². The van der Waals surface area contributed by atoms with E-state index in [9.17, 15) is 35.7 Å². The minimum Gasteiger partial charge on any atom is -0.394 e. The van der Waals surface area contributed by atoms with Crippen LogP contribution in [-0.4, -0.2) is 117 Å². The Morgan fingerprint density at radius 3 is 1.92 bits per heavy atom. The van der Waals surface area contributed by atoms with Gasteiger partial charge in [0.2, 0.25) is 0 Å². The molecule has 0 spiro atoms. The van der Waals surface area contributed by atoms with Crippen LogP contribution in [0, 0.1) is 0 Å². The summed E-state index contributed by atoms with van der Waals surface area (Å²) in [5, 5.41) is 68.6. The molecule has 0 bridgehead atoms. The van der Waals surface area contributed by atoms with E-state index in [2.05, 4.69) is 6.58 Å². The predicted molar refractivity (Wildman–Crippen MR) is 82.5 cm³/mol. The van der Waals surface area contributed by atoms with E-state index in [0.717, 1.165) is 0 Å². The Balaban J connectivity index is 2.10. The van der Waals surface area contributed by atoms with Gasteiger partial charge in [-0.15, -0.1) is 6.58 Å². The zero-order valence-electron chi connectivity index (χ0n) is 13.9. The van der Waals surface area contributed by atoms with Gasteiger partial charge in [-0.3, -0.25) is 0 Å². The average Bonchev–Trinajstić information content (AvgIpc) is 2.64. The lowest BCUT2D eigenvalue weighted by Gasteiger charge is -2.45. The molecule has 0 saturated carbocycles. The van der Waals surface area contributed by atoms with Crippen LogP contribution in [0.1, 0.15) is 0 Å². The molecule has 0 aliphatic carbocycles. The standard InChI is InChI=1S/C15H26O11/c1-2-3-23-14-12(22)10(20)13(7(5-17)25-14)26-15-11(21)9(19)8(18)6(4-16)24-15/h2,6-22H,1,3-5H2/t6?,7?,8-,9?,10?,11?,12?,13+,14+,15?/m0/s1. The van der Waals surface area contributed by atoms with E-state index in [1.807, 2.05) is 0 Å². The van der Waals surface area contributed by atoms with Crippen LogP contribution in [0.3, 0.4) is 0 Å². The highest BCUT2D eigenvalue weighted by Crippen LogP contribution is 2.29. The van der Waals surface area contributed by atoms with Crippen molar-refractivity contribution in [2.24, 2.45) is 0 Å². The maximum Gasteiger partial charge on any atom is 0.187 e. The van der Waals surface area contributed by atoms with Gasteiger partial charge in [0.25, 0.3) is 0 Å². The van der Waals surface area contributed by atoms with Crippen LogP contribution in [0.15, 0.2) is 12.7 Å². The number of rotatable bonds is 7. The van der Waals surface area contributed by atoms with Crippen molar-refractivity contribution in [2.45, 2.75) is 61.4 Å². The second kappa shape index (κ2) is 9.48. The van der Waals surface area contributed by atoms with Crippen molar-refractivity contribution in [3.8, 4) is 0 Å². The van der Waals surface area contributed by atoms with Crippen LogP contribution >= 0.6 is 0 Å². The molecular formula is C15H26O11. The lowest BCUT2D eigenvalue weighted by Crippen LogP contribution is -2.64. The largest absolute Gasteiger partial charge is 0.394 e. The third kappa shape index (κ3) is 4.40. The minimum absolute atomic E-state index is 0.0326. The second-order valence-corrected chi connectivity index (χ2v) is 6.13. The van der Waals surface area contributed by atoms with E-state index in [4.69, 9.17) is 18.9 Å². The van der Waals surface area contributed by atoms with Crippen molar-refractivity contribution in [3.05, 3.63) is 12.7 Å². The van der Waals surface area contributed by atoms with Crippen LogP contribution in [0.2, 0.25) is 0 Å². The summed E-state index contributed by atoms with van der Waals surface area (Å²) in [6.07, 6.45) is -13.1. The summed E-state index contributed by atoms with van der Waals surface area (Å²) in [5.41, 5.74) is 0. The van der Waals surface area contributed by atoms with Crippen molar-refractivity contribution in [2.75, 3.05) is 19.8 Å². The molecule has 7 unspecified atom stereocenters. The average molecular weight is 382 g/mol. The van der Waals surface area contributed by atoms with Crippen molar-refractivity contribution in [1.82, 2.24) is 0 Å². The number of aliphatic hydroxyl groups is 7. The summed E-state index contributed by atoms with van der Waals surface area (Å²) in [6, 6.07) is 0. The molecule has 0 aromatic rings. The first-order chi connectivity index (χ1) is 12.3. The molecule has 2 saturated heterocycles. The zero-order chi connectivity index (χ0) is 19.4. The first-order valence-corrected chi connectivity index (χ1v) is 8.16. The van der Waals surface area contributed by atoms with Crippen molar-refractivity contribution < 1.29 is 54.7 Å². The van der Waals surface area contributed by atoms with E-state index in [1.54, 1.807) is 0 Å². The number of hydrogen-bond donors (Lipinski definition) is 7. The molecular weight excluding hydrogens is 356 g/mol. The number of hydrogen-bond acceptors (Lipinski definition) is 11. The molecule has 152 valence electrons. The SMILES string of the molecule is C=CCO[C@@H]1OC(CO)[C@@H](OC2OC(CO)[C@H](O)C(O)C2O)C(O)C1O. The predicted octanol–water partition coefficient (Wildman–Crippen LogP) is -4.19. The highest BCUT2D eigenvalue weighted by molar-refractivity contribution is 4.94.